The van der Waals surface area contributed by atoms with E-state index in [2.05, 4.69) is 6.92 Å². The SMILES string of the molecule is CCCCCCCCCCCCCCCCCC(=O)O.Cl.O=C(O)CO. The van der Waals surface area contributed by atoms with Crippen molar-refractivity contribution in [3.63, 3.8) is 0 Å². The van der Waals surface area contributed by atoms with E-state index in [1.807, 2.05) is 0 Å². The van der Waals surface area contributed by atoms with Crippen LogP contribution in [0, 0.1) is 0 Å². The molecule has 0 bridgehead atoms. The summed E-state index contributed by atoms with van der Waals surface area (Å²) in [5.41, 5.74) is 0. The Bertz CT molecular complexity index is 298. The van der Waals surface area contributed by atoms with Crippen molar-refractivity contribution in [3.05, 3.63) is 0 Å². The third-order valence-electron chi connectivity index (χ3n) is 4.13. The van der Waals surface area contributed by atoms with Crippen molar-refractivity contribution in [2.24, 2.45) is 0 Å². The number of carboxylic acid groups (broad SMARTS) is 2. The van der Waals surface area contributed by atoms with Gasteiger partial charge in [0.2, 0.25) is 0 Å². The number of aliphatic carboxylic acids is 2. The van der Waals surface area contributed by atoms with Gasteiger partial charge in [-0.3, -0.25) is 4.79 Å². The van der Waals surface area contributed by atoms with Crippen molar-refractivity contribution in [1.82, 2.24) is 0 Å². The number of rotatable bonds is 17. The predicted octanol–water partition coefficient (Wildman–Crippen LogP) is 5.82. The van der Waals surface area contributed by atoms with Crippen molar-refractivity contribution in [2.45, 2.75) is 110 Å². The van der Waals surface area contributed by atoms with Crippen LogP contribution in [0.5, 0.6) is 0 Å². The van der Waals surface area contributed by atoms with Crippen LogP contribution in [0.3, 0.4) is 0 Å². The molecule has 0 heterocycles. The van der Waals surface area contributed by atoms with E-state index in [0.29, 0.717) is 6.42 Å². The van der Waals surface area contributed by atoms with Gasteiger partial charge in [0.25, 0.3) is 0 Å². The quantitative estimate of drug-likeness (QED) is 0.269. The number of hydrogen-bond acceptors (Lipinski definition) is 3. The first-order valence-corrected chi connectivity index (χ1v) is 10.1. The molecule has 0 unspecified atom stereocenters. The molecule has 158 valence electrons. The molecule has 3 N–H and O–H groups in total. The summed E-state index contributed by atoms with van der Waals surface area (Å²) >= 11 is 0. The van der Waals surface area contributed by atoms with E-state index in [0.717, 1.165) is 12.8 Å². The van der Waals surface area contributed by atoms with Gasteiger partial charge in [-0.2, -0.15) is 0 Å². The fraction of sp³-hybridized carbons (Fsp3) is 0.900. The first kappa shape index (κ1) is 29.9. The molecule has 0 saturated heterocycles. The molecule has 0 aliphatic rings. The van der Waals surface area contributed by atoms with Gasteiger partial charge in [-0.1, -0.05) is 96.8 Å². The molecule has 5 nitrogen and oxygen atoms in total. The van der Waals surface area contributed by atoms with Gasteiger partial charge in [-0.25, -0.2) is 4.79 Å². The molecule has 0 atom stereocenters. The molecule has 0 rings (SSSR count). The van der Waals surface area contributed by atoms with Crippen molar-refractivity contribution in [3.8, 4) is 0 Å². The molecule has 0 amide bonds. The summed E-state index contributed by atoms with van der Waals surface area (Å²) in [5, 5.41) is 23.5. The predicted molar refractivity (Wildman–Crippen MR) is 109 cm³/mol. The van der Waals surface area contributed by atoms with Gasteiger partial charge in [-0.05, 0) is 6.42 Å². The highest BCUT2D eigenvalue weighted by molar-refractivity contribution is 5.85. The first-order valence-electron chi connectivity index (χ1n) is 10.1. The summed E-state index contributed by atoms with van der Waals surface area (Å²) in [6, 6.07) is 0. The highest BCUT2D eigenvalue weighted by Crippen LogP contribution is 2.13. The highest BCUT2D eigenvalue weighted by Gasteiger charge is 1.97. The van der Waals surface area contributed by atoms with Crippen LogP contribution in [0.15, 0.2) is 0 Å². The molecule has 0 aromatic heterocycles. The molecule has 6 heteroatoms. The average molecular weight is 397 g/mol. The maximum atomic E-state index is 10.3. The van der Waals surface area contributed by atoms with Crippen LogP contribution in [0.25, 0.3) is 0 Å². The Labute approximate surface area is 166 Å². The lowest BCUT2D eigenvalue weighted by atomic mass is 10.0. The Kier molecular flexibility index (Phi) is 30.4. The number of unbranched alkanes of at least 4 members (excludes halogenated alkanes) is 14. The van der Waals surface area contributed by atoms with Crippen LogP contribution in [-0.2, 0) is 9.59 Å². The van der Waals surface area contributed by atoms with E-state index in [-0.39, 0.29) is 12.4 Å². The molecule has 0 aromatic rings. The zero-order valence-corrected chi connectivity index (χ0v) is 17.4. The second-order valence-electron chi connectivity index (χ2n) is 6.65. The van der Waals surface area contributed by atoms with Crippen LogP contribution in [0.4, 0.5) is 0 Å². The van der Waals surface area contributed by atoms with Crippen LogP contribution >= 0.6 is 12.4 Å². The maximum Gasteiger partial charge on any atom is 0.329 e. The summed E-state index contributed by atoms with van der Waals surface area (Å²) in [7, 11) is 0. The Morgan fingerprint density at radius 1 is 0.577 bits per heavy atom. The van der Waals surface area contributed by atoms with E-state index >= 15 is 0 Å². The summed E-state index contributed by atoms with van der Waals surface area (Å²) in [4.78, 5) is 19.5. The minimum atomic E-state index is -1.19. The number of carbonyl (C=O) groups is 2. The monoisotopic (exact) mass is 396 g/mol. The second-order valence-corrected chi connectivity index (χ2v) is 6.65. The van der Waals surface area contributed by atoms with Crippen molar-refractivity contribution in [2.75, 3.05) is 6.61 Å². The van der Waals surface area contributed by atoms with Gasteiger partial charge in [-0.15, -0.1) is 12.4 Å². The molecular weight excluding hydrogens is 356 g/mol. The van der Waals surface area contributed by atoms with E-state index in [4.69, 9.17) is 20.1 Å². The topological polar surface area (TPSA) is 94.8 Å². The fourth-order valence-corrected chi connectivity index (χ4v) is 2.65. The lowest BCUT2D eigenvalue weighted by Gasteiger charge is -2.03. The number of carboxylic acids is 2. The smallest absolute Gasteiger partial charge is 0.329 e. The third-order valence-corrected chi connectivity index (χ3v) is 4.13. The van der Waals surface area contributed by atoms with Crippen molar-refractivity contribution < 1.29 is 24.9 Å². The molecule has 26 heavy (non-hydrogen) atoms. The van der Waals surface area contributed by atoms with Crippen LogP contribution in [-0.4, -0.2) is 33.9 Å². The van der Waals surface area contributed by atoms with Gasteiger partial charge in [0.15, 0.2) is 0 Å². The lowest BCUT2D eigenvalue weighted by Crippen LogP contribution is -1.98. The molecule has 0 fully saturated rings. The number of hydrogen-bond donors (Lipinski definition) is 3. The normalized spacial score (nSPS) is 9.77. The minimum Gasteiger partial charge on any atom is -0.481 e. The zero-order valence-electron chi connectivity index (χ0n) is 16.6. The molecule has 0 aromatic carbocycles. The van der Waals surface area contributed by atoms with Gasteiger partial charge < -0.3 is 15.3 Å². The zero-order chi connectivity index (χ0) is 19.2. The Morgan fingerprint density at radius 3 is 1.08 bits per heavy atom. The molecule has 0 saturated carbocycles. The minimum absolute atomic E-state index is 0. The lowest BCUT2D eigenvalue weighted by molar-refractivity contribution is -0.140. The molecule has 0 radical (unpaired) electrons. The summed E-state index contributed by atoms with van der Waals surface area (Å²) in [6.45, 7) is 1.49. The van der Waals surface area contributed by atoms with E-state index < -0.39 is 18.5 Å². The molecule has 0 aliphatic heterocycles. The highest BCUT2D eigenvalue weighted by atomic mass is 35.5. The van der Waals surface area contributed by atoms with Crippen LogP contribution < -0.4 is 0 Å². The molecular formula is C20H41ClO5. The number of aliphatic hydroxyl groups is 1. The van der Waals surface area contributed by atoms with E-state index in [1.165, 1.54) is 83.5 Å². The second kappa shape index (κ2) is 26.4. The third kappa shape index (κ3) is 34.5. The average Bonchev–Trinajstić information content (AvgIpc) is 2.58. The van der Waals surface area contributed by atoms with Crippen molar-refractivity contribution in [1.29, 1.82) is 0 Å². The Morgan fingerprint density at radius 2 is 0.846 bits per heavy atom. The van der Waals surface area contributed by atoms with Gasteiger partial charge in [0.1, 0.15) is 6.61 Å². The van der Waals surface area contributed by atoms with Gasteiger partial charge in [0.05, 0.1) is 0 Å². The van der Waals surface area contributed by atoms with E-state index in [9.17, 15) is 4.79 Å². The first-order chi connectivity index (χ1) is 12.0. The number of aliphatic hydroxyl groups excluding tert-OH is 1. The van der Waals surface area contributed by atoms with Crippen LogP contribution in [0.2, 0.25) is 0 Å². The largest absolute Gasteiger partial charge is 0.481 e. The van der Waals surface area contributed by atoms with E-state index in [1.54, 1.807) is 0 Å². The number of halogens is 1. The molecule has 0 spiro atoms. The van der Waals surface area contributed by atoms with Crippen molar-refractivity contribution >= 4 is 24.3 Å². The summed E-state index contributed by atoms with van der Waals surface area (Å²) < 4.78 is 0. The summed E-state index contributed by atoms with van der Waals surface area (Å²) in [5.74, 6) is -1.84. The fourth-order valence-electron chi connectivity index (χ4n) is 2.65. The standard InChI is InChI=1S/C18H36O2.C2H4O3.ClH/c1-2-3-4-5-6-7-8-9-10-11-12-13-14-15-16-17-18(19)20;3-1-2(4)5;/h2-17H2,1H3,(H,19,20);3H,1H2,(H,4,5);1H. The maximum absolute atomic E-state index is 10.3. The van der Waals surface area contributed by atoms with Gasteiger partial charge >= 0.3 is 11.9 Å². The Hall–Kier alpha value is -0.810. The molecule has 0 aliphatic carbocycles. The van der Waals surface area contributed by atoms with Crippen LogP contribution in [0.1, 0.15) is 110 Å². The summed E-state index contributed by atoms with van der Waals surface area (Å²) in [6.07, 6.45) is 20.2. The Balaban J connectivity index is -0.000000772. The van der Waals surface area contributed by atoms with Gasteiger partial charge in [0, 0.05) is 6.42 Å².